The molecular formula is C22H25FN6O3. The van der Waals surface area contributed by atoms with E-state index in [9.17, 15) is 14.4 Å². The molecule has 0 aliphatic carbocycles. The maximum absolute atomic E-state index is 15.1. The van der Waals surface area contributed by atoms with Crippen molar-refractivity contribution in [1.29, 1.82) is 0 Å². The number of piperazine rings is 1. The first kappa shape index (κ1) is 21.7. The highest BCUT2D eigenvalue weighted by Gasteiger charge is 2.21. The van der Waals surface area contributed by atoms with Crippen molar-refractivity contribution in [2.75, 3.05) is 38.1 Å². The molecule has 168 valence electrons. The van der Waals surface area contributed by atoms with Crippen LogP contribution in [0.3, 0.4) is 0 Å². The Labute approximate surface area is 183 Å². The Bertz CT molecular complexity index is 1260. The van der Waals surface area contributed by atoms with Gasteiger partial charge in [-0.05, 0) is 18.6 Å². The number of hydrogen-bond acceptors (Lipinski definition) is 6. The number of aromatic nitrogens is 3. The van der Waals surface area contributed by atoms with Gasteiger partial charge >= 0.3 is 0 Å². The van der Waals surface area contributed by atoms with Crippen LogP contribution in [0.1, 0.15) is 28.5 Å². The summed E-state index contributed by atoms with van der Waals surface area (Å²) >= 11 is 0. The summed E-state index contributed by atoms with van der Waals surface area (Å²) in [6, 6.07) is 4.84. The second-order valence-electron chi connectivity index (χ2n) is 7.75. The van der Waals surface area contributed by atoms with Gasteiger partial charge in [0.25, 0.3) is 17.0 Å². The van der Waals surface area contributed by atoms with Crippen molar-refractivity contribution in [2.24, 2.45) is 0 Å². The topological polar surface area (TPSA) is 103 Å². The number of fused-ring (bicyclic) bond motifs is 1. The molecule has 3 aromatic rings. The van der Waals surface area contributed by atoms with Gasteiger partial charge in [-0.25, -0.2) is 9.37 Å². The van der Waals surface area contributed by atoms with E-state index in [0.29, 0.717) is 43.9 Å². The fourth-order valence-corrected chi connectivity index (χ4v) is 3.90. The van der Waals surface area contributed by atoms with Gasteiger partial charge in [-0.2, -0.15) is 0 Å². The van der Waals surface area contributed by atoms with Gasteiger partial charge in [-0.15, -0.1) is 0 Å². The Kier molecular flexibility index (Phi) is 6.04. The minimum Gasteiger partial charge on any atom is -0.368 e. The lowest BCUT2D eigenvalue weighted by Gasteiger charge is -2.36. The number of pyridine rings is 2. The zero-order chi connectivity index (χ0) is 22.8. The lowest BCUT2D eigenvalue weighted by Crippen LogP contribution is -2.46. The van der Waals surface area contributed by atoms with E-state index >= 15 is 4.39 Å². The molecule has 1 aliphatic rings. The van der Waals surface area contributed by atoms with Crippen molar-refractivity contribution in [1.82, 2.24) is 24.6 Å². The van der Waals surface area contributed by atoms with E-state index in [-0.39, 0.29) is 34.8 Å². The summed E-state index contributed by atoms with van der Waals surface area (Å²) < 4.78 is 16.2. The summed E-state index contributed by atoms with van der Waals surface area (Å²) in [4.78, 5) is 47.2. The molecule has 4 rings (SSSR count). The Hall–Kier alpha value is -3.53. The average molecular weight is 440 g/mol. The molecule has 1 amide bonds. The van der Waals surface area contributed by atoms with Gasteiger partial charge in [0.1, 0.15) is 5.69 Å². The molecule has 32 heavy (non-hydrogen) atoms. The Morgan fingerprint density at radius 1 is 1.19 bits per heavy atom. The predicted octanol–water partition coefficient (Wildman–Crippen LogP) is 0.766. The molecule has 1 fully saturated rings. The van der Waals surface area contributed by atoms with E-state index in [2.05, 4.69) is 25.1 Å². The molecule has 9 nitrogen and oxygen atoms in total. The van der Waals surface area contributed by atoms with Crippen molar-refractivity contribution in [3.63, 3.8) is 0 Å². The molecule has 0 atom stereocenters. The molecule has 2 N–H and O–H groups in total. The van der Waals surface area contributed by atoms with E-state index in [4.69, 9.17) is 0 Å². The number of rotatable bonds is 5. The highest BCUT2D eigenvalue weighted by molar-refractivity contribution is 5.92. The van der Waals surface area contributed by atoms with Crippen molar-refractivity contribution >= 4 is 17.2 Å². The highest BCUT2D eigenvalue weighted by atomic mass is 19.1. The van der Waals surface area contributed by atoms with Crippen LogP contribution in [0.4, 0.5) is 10.1 Å². The van der Waals surface area contributed by atoms with Crippen molar-refractivity contribution in [2.45, 2.75) is 19.9 Å². The van der Waals surface area contributed by atoms with E-state index in [1.54, 1.807) is 26.2 Å². The van der Waals surface area contributed by atoms with Crippen LogP contribution < -0.4 is 21.3 Å². The van der Waals surface area contributed by atoms with Crippen LogP contribution in [0.25, 0.3) is 5.65 Å². The van der Waals surface area contributed by atoms with Crippen LogP contribution in [-0.4, -0.2) is 58.4 Å². The molecular weight excluding hydrogens is 415 g/mol. The smallest absolute Gasteiger partial charge is 0.269 e. The molecule has 10 heteroatoms. The number of amides is 1. The number of carbonyl (C=O) groups is 1. The van der Waals surface area contributed by atoms with Gasteiger partial charge < -0.3 is 15.2 Å². The van der Waals surface area contributed by atoms with Crippen LogP contribution in [0.15, 0.2) is 40.2 Å². The number of carbonyl (C=O) groups excluding carboxylic acids is 1. The van der Waals surface area contributed by atoms with E-state index in [0.717, 1.165) is 10.1 Å². The summed E-state index contributed by atoms with van der Waals surface area (Å²) in [7, 11) is 1.56. The van der Waals surface area contributed by atoms with E-state index in [1.165, 1.54) is 12.3 Å². The van der Waals surface area contributed by atoms with Gasteiger partial charge in [0, 0.05) is 63.2 Å². The summed E-state index contributed by atoms with van der Waals surface area (Å²) in [5.41, 5.74) is 1.11. The number of nitrogens with one attached hydrogen (secondary N) is 2. The SMILES string of the molecule is CCc1cn2c(=O)cc(CN3CCN(c4ccc(C(=O)NC)nc4)CC3)c(F)c2[nH]c1=O. The normalized spacial score (nSPS) is 14.7. The molecule has 4 heterocycles. The minimum absolute atomic E-state index is 0.101. The first-order chi connectivity index (χ1) is 15.4. The maximum Gasteiger partial charge on any atom is 0.269 e. The van der Waals surface area contributed by atoms with Gasteiger partial charge in [-0.1, -0.05) is 6.92 Å². The largest absolute Gasteiger partial charge is 0.368 e. The van der Waals surface area contributed by atoms with Gasteiger partial charge in [0.15, 0.2) is 11.5 Å². The lowest BCUT2D eigenvalue weighted by molar-refractivity contribution is 0.0958. The van der Waals surface area contributed by atoms with Gasteiger partial charge in [-0.3, -0.25) is 23.7 Å². The molecule has 0 bridgehead atoms. The van der Waals surface area contributed by atoms with Crippen LogP contribution in [0.2, 0.25) is 0 Å². The highest BCUT2D eigenvalue weighted by Crippen LogP contribution is 2.18. The third-order valence-electron chi connectivity index (χ3n) is 5.79. The number of halogens is 1. The number of hydrogen-bond donors (Lipinski definition) is 2. The van der Waals surface area contributed by atoms with Crippen molar-refractivity contribution in [3.05, 3.63) is 73.9 Å². The lowest BCUT2D eigenvalue weighted by atomic mass is 10.2. The summed E-state index contributed by atoms with van der Waals surface area (Å²) in [5.74, 6) is -0.817. The van der Waals surface area contributed by atoms with Gasteiger partial charge in [0.2, 0.25) is 0 Å². The molecule has 3 aromatic heterocycles. The molecule has 1 saturated heterocycles. The third kappa shape index (κ3) is 4.13. The van der Waals surface area contributed by atoms with Crippen LogP contribution in [0.5, 0.6) is 0 Å². The van der Waals surface area contributed by atoms with Crippen LogP contribution in [-0.2, 0) is 13.0 Å². The van der Waals surface area contributed by atoms with Crippen molar-refractivity contribution in [3.8, 4) is 0 Å². The number of H-pyrrole nitrogens is 1. The summed E-state index contributed by atoms with van der Waals surface area (Å²) in [6.07, 6.45) is 3.53. The predicted molar refractivity (Wildman–Crippen MR) is 119 cm³/mol. The fourth-order valence-electron chi connectivity index (χ4n) is 3.90. The fraction of sp³-hybridized carbons (Fsp3) is 0.364. The Morgan fingerprint density at radius 2 is 1.94 bits per heavy atom. The minimum atomic E-state index is -0.583. The average Bonchev–Trinajstić information content (AvgIpc) is 2.82. The second-order valence-corrected chi connectivity index (χ2v) is 7.75. The summed E-state index contributed by atoms with van der Waals surface area (Å²) in [5, 5.41) is 2.54. The van der Waals surface area contributed by atoms with Crippen molar-refractivity contribution < 1.29 is 9.18 Å². The summed E-state index contributed by atoms with van der Waals surface area (Å²) in [6.45, 7) is 4.81. The Balaban J connectivity index is 1.47. The Morgan fingerprint density at radius 3 is 2.56 bits per heavy atom. The first-order valence-electron chi connectivity index (χ1n) is 10.5. The van der Waals surface area contributed by atoms with Crippen LogP contribution >= 0.6 is 0 Å². The molecule has 1 aliphatic heterocycles. The first-order valence-corrected chi connectivity index (χ1v) is 10.5. The zero-order valence-electron chi connectivity index (χ0n) is 18.0. The monoisotopic (exact) mass is 440 g/mol. The van der Waals surface area contributed by atoms with E-state index in [1.807, 2.05) is 6.07 Å². The zero-order valence-corrected chi connectivity index (χ0v) is 18.0. The molecule has 0 aromatic carbocycles. The van der Waals surface area contributed by atoms with E-state index < -0.39 is 5.82 Å². The standard InChI is InChI=1S/C22H25FN6O3/c1-3-14-13-29-18(30)10-15(19(23)20(29)26-21(14)31)12-27-6-8-28(9-7-27)16-4-5-17(25-11-16)22(32)24-2/h4-5,10-11,13H,3,6-9,12H2,1-2H3,(H,24,32)(H,26,31). The maximum atomic E-state index is 15.1. The quantitative estimate of drug-likeness (QED) is 0.608. The third-order valence-corrected chi connectivity index (χ3v) is 5.79. The van der Waals surface area contributed by atoms with Crippen LogP contribution in [0, 0.1) is 5.82 Å². The number of nitrogens with zero attached hydrogens (tertiary/aromatic N) is 4. The number of aryl methyl sites for hydroxylation is 1. The number of aromatic amines is 1. The molecule has 0 unspecified atom stereocenters. The molecule has 0 saturated carbocycles. The molecule has 0 radical (unpaired) electrons. The second kappa shape index (κ2) is 8.91. The molecule has 0 spiro atoms. The van der Waals surface area contributed by atoms with Gasteiger partial charge in [0.05, 0.1) is 11.9 Å². The number of anilines is 1.